The van der Waals surface area contributed by atoms with Gasteiger partial charge in [0.05, 0.1) is 39.4 Å². The Labute approximate surface area is 324 Å². The average Bonchev–Trinajstić information content (AvgIpc) is 3.55. The number of aromatic nitrogens is 2. The van der Waals surface area contributed by atoms with Crippen LogP contribution in [0.1, 0.15) is 52.3 Å². The molecule has 4 amide bonds. The molecule has 312 valence electrons. The monoisotopic (exact) mass is 813 g/mol. The van der Waals surface area contributed by atoms with Gasteiger partial charge in [0.25, 0.3) is 14.1 Å². The molecule has 0 bridgehead atoms. The minimum Gasteiger partial charge on any atom is -0.462 e. The molecule has 1 aliphatic rings. The zero-order valence-corrected chi connectivity index (χ0v) is 33.5. The molecule has 1 aromatic rings. The van der Waals surface area contributed by atoms with Crippen LogP contribution in [0.5, 0.6) is 0 Å². The summed E-state index contributed by atoms with van der Waals surface area (Å²) in [6.45, 7) is 9.58. The third-order valence-electron chi connectivity index (χ3n) is 8.08. The second-order valence-corrected chi connectivity index (χ2v) is 14.2. The molecule has 0 aliphatic carbocycles. The minimum atomic E-state index is -1.77. The molecule has 0 saturated carbocycles. The minimum absolute atomic E-state index is 0.0126. The highest BCUT2D eigenvalue weighted by atomic mass is 31.2. The molecule has 1 aliphatic heterocycles. The van der Waals surface area contributed by atoms with E-state index in [0.29, 0.717) is 0 Å². The van der Waals surface area contributed by atoms with Gasteiger partial charge in [0.2, 0.25) is 0 Å². The molecule has 22 nitrogen and oxygen atoms in total. The van der Waals surface area contributed by atoms with E-state index in [4.69, 9.17) is 19.0 Å². The summed E-state index contributed by atoms with van der Waals surface area (Å²) in [6, 6.07) is 1.99. The largest absolute Gasteiger partial charge is 0.462 e. The highest BCUT2D eigenvalue weighted by Crippen LogP contribution is 2.49. The first-order valence-electron chi connectivity index (χ1n) is 17.8. The van der Waals surface area contributed by atoms with Crippen molar-refractivity contribution in [3.63, 3.8) is 0 Å². The van der Waals surface area contributed by atoms with Gasteiger partial charge in [-0.1, -0.05) is 0 Å². The fraction of sp³-hybridized carbons (Fsp3) is 0.667. The van der Waals surface area contributed by atoms with Gasteiger partial charge in [-0.3, -0.25) is 38.4 Å². The summed E-state index contributed by atoms with van der Waals surface area (Å²) in [5.41, 5.74) is -0.996. The van der Waals surface area contributed by atoms with Crippen molar-refractivity contribution in [1.82, 2.24) is 40.4 Å². The number of H-pyrrole nitrogens is 1. The number of nitrogens with zero attached hydrogens (tertiary/aromatic N) is 4. The summed E-state index contributed by atoms with van der Waals surface area (Å²) < 4.78 is 30.7. The van der Waals surface area contributed by atoms with Crippen LogP contribution in [0.2, 0.25) is 0 Å². The molecule has 0 radical (unpaired) electrons. The maximum Gasteiger partial charge on any atom is 0.396 e. The van der Waals surface area contributed by atoms with E-state index < -0.39 is 73.8 Å². The van der Waals surface area contributed by atoms with Crippen molar-refractivity contribution in [2.45, 2.75) is 78.0 Å². The van der Waals surface area contributed by atoms with Crippen LogP contribution in [0.15, 0.2) is 15.8 Å². The number of nitrogens with one attached hydrogen (secondary N) is 5. The van der Waals surface area contributed by atoms with Gasteiger partial charge in [-0.15, -0.1) is 0 Å². The van der Waals surface area contributed by atoms with E-state index >= 15 is 0 Å². The fourth-order valence-electron chi connectivity index (χ4n) is 5.38. The average molecular weight is 814 g/mol. The normalized spacial score (nSPS) is 17.0. The van der Waals surface area contributed by atoms with Crippen molar-refractivity contribution in [2.75, 3.05) is 66.6 Å². The van der Waals surface area contributed by atoms with Crippen molar-refractivity contribution < 1.29 is 52.0 Å². The van der Waals surface area contributed by atoms with Gasteiger partial charge < -0.3 is 44.5 Å². The number of esters is 2. The molecule has 0 aromatic carbocycles. The number of carbonyl (C=O) groups excluding carboxylic acids is 6. The molecular weight excluding hydrogens is 761 g/mol. The topological polar surface area (TPSA) is 282 Å². The van der Waals surface area contributed by atoms with Crippen molar-refractivity contribution in [1.29, 1.82) is 5.26 Å². The van der Waals surface area contributed by atoms with Gasteiger partial charge in [0.15, 0.2) is 0 Å². The predicted octanol–water partition coefficient (Wildman–Crippen LogP) is -2.09. The number of hydrogen-bond donors (Lipinski definition) is 5. The van der Waals surface area contributed by atoms with Gasteiger partial charge in [-0.05, 0) is 34.6 Å². The lowest BCUT2D eigenvalue weighted by Gasteiger charge is -2.37. The van der Waals surface area contributed by atoms with E-state index in [1.807, 2.05) is 38.4 Å². The number of rotatable bonds is 20. The molecule has 1 fully saturated rings. The van der Waals surface area contributed by atoms with Gasteiger partial charge in [-0.2, -0.15) is 5.26 Å². The number of amides is 4. The van der Waals surface area contributed by atoms with E-state index in [2.05, 4.69) is 35.7 Å². The number of hydrogen-bond acceptors (Lipinski definition) is 16. The van der Waals surface area contributed by atoms with E-state index in [0.717, 1.165) is 14.2 Å². The summed E-state index contributed by atoms with van der Waals surface area (Å²) >= 11 is 0. The second-order valence-electron chi connectivity index (χ2n) is 12.8. The first-order chi connectivity index (χ1) is 26.5. The SMILES string of the molecule is COC(=O)C(=O)NCCN(CCNC(=O)C(=O)NC[C@H]1O[C@@H](n2cc(C)c(=O)[nH]c2=O)C[C@@H]1OP(OCCC#N)N(C(C)C)C(C)C)CCNC(=O)C(=O)OC. The number of ether oxygens (including phenoxy) is 3. The number of aryl methyl sites for hydroxylation is 1. The highest BCUT2D eigenvalue weighted by molar-refractivity contribution is 7.44. The van der Waals surface area contributed by atoms with Crippen molar-refractivity contribution in [3.8, 4) is 6.07 Å². The Bertz CT molecular complexity index is 1640. The van der Waals surface area contributed by atoms with E-state index in [9.17, 15) is 38.4 Å². The van der Waals surface area contributed by atoms with Crippen LogP contribution in [0.3, 0.4) is 0 Å². The molecule has 23 heteroatoms. The molecule has 1 saturated heterocycles. The fourth-order valence-corrected chi connectivity index (χ4v) is 7.14. The van der Waals surface area contributed by atoms with E-state index in [-0.39, 0.29) is 82.9 Å². The summed E-state index contributed by atoms with van der Waals surface area (Å²) in [4.78, 5) is 101. The van der Waals surface area contributed by atoms with Crippen molar-refractivity contribution in [3.05, 3.63) is 32.6 Å². The Morgan fingerprint density at radius 2 is 1.43 bits per heavy atom. The van der Waals surface area contributed by atoms with Crippen LogP contribution in [0.25, 0.3) is 0 Å². The molecule has 56 heavy (non-hydrogen) atoms. The lowest BCUT2D eigenvalue weighted by Crippen LogP contribution is -2.48. The maximum atomic E-state index is 13.0. The van der Waals surface area contributed by atoms with Crippen LogP contribution < -0.4 is 32.5 Å². The third-order valence-corrected chi connectivity index (χ3v) is 10.2. The predicted molar refractivity (Wildman–Crippen MR) is 197 cm³/mol. The van der Waals surface area contributed by atoms with Gasteiger partial charge in [0.1, 0.15) is 12.3 Å². The van der Waals surface area contributed by atoms with Crippen LogP contribution in [0, 0.1) is 18.3 Å². The Balaban J connectivity index is 2.14. The van der Waals surface area contributed by atoms with Crippen LogP contribution in [-0.4, -0.2) is 146 Å². The standard InChI is InChI=1S/C33H52N9O13P/c1-20(2)42(21(3)4)56(53-16-8-9-34)55-23-17-25(41-19-22(5)26(43)39-33(41)50)54-24(23)18-38-28(45)27(44)35-10-13-40(14-11-36-29(46)31(48)51-6)15-12-37-30(47)32(49)52-7/h19-21,23-25H,8,10-18H2,1-7H3,(H,35,44)(H,36,46)(H,37,47)(H,38,45)(H,39,43,50)/t23-,24+,25+,56?/m0/s1. The highest BCUT2D eigenvalue weighted by Gasteiger charge is 2.42. The molecule has 5 N–H and O–H groups in total. The van der Waals surface area contributed by atoms with Crippen LogP contribution >= 0.6 is 8.53 Å². The molecule has 1 aromatic heterocycles. The first-order valence-corrected chi connectivity index (χ1v) is 18.9. The molecular formula is C33H52N9O13P. The number of aromatic amines is 1. The van der Waals surface area contributed by atoms with Crippen molar-refractivity contribution in [2.24, 2.45) is 0 Å². The second kappa shape index (κ2) is 24.0. The van der Waals surface area contributed by atoms with Crippen LogP contribution in [0.4, 0.5) is 0 Å². The third kappa shape index (κ3) is 15.0. The lowest BCUT2D eigenvalue weighted by atomic mass is 10.2. The molecule has 4 atom stereocenters. The summed E-state index contributed by atoms with van der Waals surface area (Å²) in [7, 11) is 0.339. The Morgan fingerprint density at radius 3 is 1.93 bits per heavy atom. The van der Waals surface area contributed by atoms with Gasteiger partial charge in [0, 0.05) is 76.1 Å². The Hall–Kier alpha value is -4.78. The summed E-state index contributed by atoms with van der Waals surface area (Å²) in [5.74, 6) is -6.11. The molecule has 2 rings (SSSR count). The smallest absolute Gasteiger partial charge is 0.396 e. The lowest BCUT2D eigenvalue weighted by molar-refractivity contribution is -0.152. The number of carbonyl (C=O) groups is 6. The van der Waals surface area contributed by atoms with Crippen molar-refractivity contribution >= 4 is 44.1 Å². The molecule has 1 unspecified atom stereocenters. The Kier molecular flexibility index (Phi) is 20.3. The zero-order chi connectivity index (χ0) is 41.9. The van der Waals surface area contributed by atoms with Gasteiger partial charge >= 0.3 is 41.3 Å². The van der Waals surface area contributed by atoms with E-state index in [1.54, 1.807) is 4.90 Å². The van der Waals surface area contributed by atoms with E-state index in [1.165, 1.54) is 17.7 Å². The Morgan fingerprint density at radius 1 is 0.911 bits per heavy atom. The maximum absolute atomic E-state index is 13.0. The number of methoxy groups -OCH3 is 2. The molecule has 0 spiro atoms. The summed E-state index contributed by atoms with van der Waals surface area (Å²) in [5, 5.41) is 18.9. The summed E-state index contributed by atoms with van der Waals surface area (Å²) in [6.07, 6.45) is -0.991. The zero-order valence-electron chi connectivity index (χ0n) is 32.6. The quantitative estimate of drug-likeness (QED) is 0.0408. The molecule has 2 heterocycles. The number of nitriles is 1. The van der Waals surface area contributed by atoms with Crippen LogP contribution in [-0.2, 0) is 52.0 Å². The van der Waals surface area contributed by atoms with Gasteiger partial charge in [-0.25, -0.2) is 19.1 Å². The first kappa shape index (κ1) is 47.4.